The van der Waals surface area contributed by atoms with E-state index in [-0.39, 0.29) is 5.54 Å². The van der Waals surface area contributed by atoms with Crippen molar-refractivity contribution in [2.24, 2.45) is 7.05 Å². The molecule has 0 saturated heterocycles. The van der Waals surface area contributed by atoms with E-state index in [1.165, 1.54) is 32.1 Å². The largest absolute Gasteiger partial charge is 0.340 e. The van der Waals surface area contributed by atoms with E-state index < -0.39 is 0 Å². The van der Waals surface area contributed by atoms with Crippen molar-refractivity contribution >= 4 is 0 Å². The molecule has 0 spiro atoms. The van der Waals surface area contributed by atoms with E-state index in [1.807, 2.05) is 17.9 Å². The number of nitrogens with one attached hydrogen (secondary N) is 1. The van der Waals surface area contributed by atoms with Crippen LogP contribution in [0.5, 0.6) is 0 Å². The monoisotopic (exact) mass is 250 g/mol. The molecule has 0 aliphatic heterocycles. The average molecular weight is 250 g/mol. The zero-order valence-electron chi connectivity index (χ0n) is 12.1. The topological polar surface area (TPSA) is 33.1 Å². The second kappa shape index (κ2) is 5.41. The fourth-order valence-electron chi connectivity index (χ4n) is 3.43. The first-order valence-electron chi connectivity index (χ1n) is 6.93. The van der Waals surface area contributed by atoms with Crippen molar-refractivity contribution in [2.45, 2.75) is 43.7 Å². The highest BCUT2D eigenvalue weighted by Crippen LogP contribution is 2.41. The van der Waals surface area contributed by atoms with Gasteiger partial charge in [-0.1, -0.05) is 19.3 Å². The van der Waals surface area contributed by atoms with Crippen LogP contribution in [0.2, 0.25) is 0 Å². The maximum atomic E-state index is 4.56. The summed E-state index contributed by atoms with van der Waals surface area (Å²) in [5.74, 6) is 0. The molecule has 1 N–H and O–H groups in total. The van der Waals surface area contributed by atoms with Gasteiger partial charge >= 0.3 is 0 Å². The summed E-state index contributed by atoms with van der Waals surface area (Å²) >= 11 is 0. The van der Waals surface area contributed by atoms with E-state index in [4.69, 9.17) is 0 Å². The van der Waals surface area contributed by atoms with E-state index in [1.54, 1.807) is 0 Å². The minimum Gasteiger partial charge on any atom is -0.340 e. The third-order valence-corrected chi connectivity index (χ3v) is 4.46. The third-order valence-electron chi connectivity index (χ3n) is 4.46. The van der Waals surface area contributed by atoms with Gasteiger partial charge in [-0.05, 0) is 34.0 Å². The average Bonchev–Trinajstić information content (AvgIpc) is 2.77. The van der Waals surface area contributed by atoms with Gasteiger partial charge in [0, 0.05) is 18.8 Å². The number of hydrogen-bond donors (Lipinski definition) is 1. The number of aryl methyl sites for hydroxylation is 1. The van der Waals surface area contributed by atoms with Crippen molar-refractivity contribution in [3.05, 3.63) is 18.2 Å². The second-order valence-corrected chi connectivity index (χ2v) is 5.74. The van der Waals surface area contributed by atoms with Crippen LogP contribution in [0, 0.1) is 0 Å². The number of likely N-dealkylation sites (N-methyl/N-ethyl adjacent to an activating group) is 2. The molecular weight excluding hydrogens is 224 g/mol. The Bertz CT molecular complexity index is 377. The Morgan fingerprint density at radius 1 is 1.33 bits per heavy atom. The fourth-order valence-corrected chi connectivity index (χ4v) is 3.43. The highest BCUT2D eigenvalue weighted by Gasteiger charge is 2.42. The van der Waals surface area contributed by atoms with Crippen LogP contribution in [-0.4, -0.2) is 41.1 Å². The summed E-state index contributed by atoms with van der Waals surface area (Å²) in [6.07, 6.45) is 10.6. The predicted molar refractivity (Wildman–Crippen MR) is 74.5 cm³/mol. The number of rotatable bonds is 4. The summed E-state index contributed by atoms with van der Waals surface area (Å²) in [6.45, 7) is 0. The molecule has 0 bridgehead atoms. The van der Waals surface area contributed by atoms with Gasteiger partial charge in [-0.2, -0.15) is 0 Å². The molecule has 1 aliphatic carbocycles. The highest BCUT2D eigenvalue weighted by atomic mass is 15.2. The van der Waals surface area contributed by atoms with Crippen molar-refractivity contribution in [2.75, 3.05) is 21.1 Å². The minimum absolute atomic E-state index is 0.210. The van der Waals surface area contributed by atoms with Gasteiger partial charge in [0.05, 0.1) is 18.1 Å². The van der Waals surface area contributed by atoms with Gasteiger partial charge in [-0.25, -0.2) is 4.98 Å². The van der Waals surface area contributed by atoms with Gasteiger partial charge < -0.3 is 14.8 Å². The Kier molecular flexibility index (Phi) is 4.07. The number of aromatic nitrogens is 2. The molecule has 0 amide bonds. The summed E-state index contributed by atoms with van der Waals surface area (Å²) in [6, 6.07) is 0.314. The first-order valence-corrected chi connectivity index (χ1v) is 6.93. The number of imidazole rings is 1. The quantitative estimate of drug-likeness (QED) is 0.886. The summed E-state index contributed by atoms with van der Waals surface area (Å²) in [7, 11) is 8.50. The van der Waals surface area contributed by atoms with E-state index in [9.17, 15) is 0 Å². The summed E-state index contributed by atoms with van der Waals surface area (Å²) in [5, 5.41) is 3.51. The van der Waals surface area contributed by atoms with Crippen molar-refractivity contribution < 1.29 is 0 Å². The SMILES string of the molecule is CNC(c1cn(C)cn1)C1(N(C)C)CCCCC1. The number of nitrogens with zero attached hydrogens (tertiary/aromatic N) is 3. The molecule has 0 radical (unpaired) electrons. The molecule has 2 rings (SSSR count). The van der Waals surface area contributed by atoms with E-state index in [0.717, 1.165) is 5.69 Å². The lowest BCUT2D eigenvalue weighted by molar-refractivity contribution is 0.0580. The first kappa shape index (κ1) is 13.6. The molecule has 1 aromatic heterocycles. The highest BCUT2D eigenvalue weighted by molar-refractivity contribution is 5.14. The maximum absolute atomic E-state index is 4.56. The smallest absolute Gasteiger partial charge is 0.0947 e. The molecule has 1 aromatic rings. The lowest BCUT2D eigenvalue weighted by Gasteiger charge is -2.48. The zero-order valence-corrected chi connectivity index (χ0v) is 12.1. The van der Waals surface area contributed by atoms with Gasteiger partial charge in [-0.15, -0.1) is 0 Å². The van der Waals surface area contributed by atoms with Gasteiger partial charge in [-0.3, -0.25) is 0 Å². The van der Waals surface area contributed by atoms with Crippen LogP contribution in [0.15, 0.2) is 12.5 Å². The Morgan fingerprint density at radius 3 is 2.44 bits per heavy atom. The standard InChI is InChI=1S/C14H26N4/c1-15-13(12-10-18(4)11-16-12)14(17(2)3)8-6-5-7-9-14/h10-11,13,15H,5-9H2,1-4H3. The van der Waals surface area contributed by atoms with Crippen molar-refractivity contribution in [1.29, 1.82) is 0 Å². The summed E-state index contributed by atoms with van der Waals surface area (Å²) in [5.41, 5.74) is 1.37. The lowest BCUT2D eigenvalue weighted by Crippen LogP contribution is -2.54. The van der Waals surface area contributed by atoms with Crippen LogP contribution < -0.4 is 5.32 Å². The van der Waals surface area contributed by atoms with Crippen LogP contribution in [0.4, 0.5) is 0 Å². The molecule has 4 nitrogen and oxygen atoms in total. The molecular formula is C14H26N4. The summed E-state index contributed by atoms with van der Waals surface area (Å²) < 4.78 is 2.03. The molecule has 18 heavy (non-hydrogen) atoms. The maximum Gasteiger partial charge on any atom is 0.0947 e. The molecule has 0 aromatic carbocycles. The van der Waals surface area contributed by atoms with Gasteiger partial charge in [0.1, 0.15) is 0 Å². The van der Waals surface area contributed by atoms with Gasteiger partial charge in [0.2, 0.25) is 0 Å². The normalized spacial score (nSPS) is 21.2. The van der Waals surface area contributed by atoms with Crippen LogP contribution in [0.1, 0.15) is 43.8 Å². The van der Waals surface area contributed by atoms with E-state index in [2.05, 4.69) is 42.5 Å². The Labute approximate surface area is 110 Å². The molecule has 1 unspecified atom stereocenters. The molecule has 4 heteroatoms. The predicted octanol–water partition coefficient (Wildman–Crippen LogP) is 1.95. The van der Waals surface area contributed by atoms with Crippen LogP contribution in [-0.2, 0) is 7.05 Å². The van der Waals surface area contributed by atoms with E-state index in [0.29, 0.717) is 6.04 Å². The van der Waals surface area contributed by atoms with Crippen LogP contribution in [0.25, 0.3) is 0 Å². The second-order valence-electron chi connectivity index (χ2n) is 5.74. The number of hydrogen-bond acceptors (Lipinski definition) is 3. The first-order chi connectivity index (χ1) is 8.60. The van der Waals surface area contributed by atoms with E-state index >= 15 is 0 Å². The van der Waals surface area contributed by atoms with Crippen molar-refractivity contribution in [1.82, 2.24) is 19.8 Å². The van der Waals surface area contributed by atoms with Crippen LogP contribution in [0.3, 0.4) is 0 Å². The Hall–Kier alpha value is -0.870. The zero-order chi connectivity index (χ0) is 13.2. The lowest BCUT2D eigenvalue weighted by atomic mass is 9.74. The minimum atomic E-state index is 0.210. The van der Waals surface area contributed by atoms with Crippen molar-refractivity contribution in [3.63, 3.8) is 0 Å². The van der Waals surface area contributed by atoms with Gasteiger partial charge in [0.15, 0.2) is 0 Å². The molecule has 1 heterocycles. The Morgan fingerprint density at radius 2 is 2.00 bits per heavy atom. The van der Waals surface area contributed by atoms with Crippen LogP contribution >= 0.6 is 0 Å². The van der Waals surface area contributed by atoms with Crippen molar-refractivity contribution in [3.8, 4) is 0 Å². The van der Waals surface area contributed by atoms with Gasteiger partial charge in [0.25, 0.3) is 0 Å². The molecule has 1 aliphatic rings. The molecule has 1 saturated carbocycles. The molecule has 102 valence electrons. The molecule has 1 atom stereocenters. The Balaban J connectivity index is 2.32. The summed E-state index contributed by atoms with van der Waals surface area (Å²) in [4.78, 5) is 6.97. The fraction of sp³-hybridized carbons (Fsp3) is 0.786. The third kappa shape index (κ3) is 2.31. The molecule has 1 fully saturated rings.